The average molecular weight is 333 g/mol. The van der Waals surface area contributed by atoms with Gasteiger partial charge < -0.3 is 10.1 Å². The number of hydrogen-bond donors (Lipinski definition) is 1. The molecule has 0 spiro atoms. The highest BCUT2D eigenvalue weighted by atomic mass is 32.1. The van der Waals surface area contributed by atoms with E-state index in [2.05, 4.69) is 22.4 Å². The standard InChI is InChI=1S/C17H23N3O2S/c1-4-20(13(2)21)17-19-16(12-23-17)10-18-9-14-7-5-6-8-15(14)11-22-3/h5-8,12,18H,4,9-11H2,1-3H3. The molecule has 0 atom stereocenters. The van der Waals surface area contributed by atoms with E-state index in [0.29, 0.717) is 19.7 Å². The highest BCUT2D eigenvalue weighted by Crippen LogP contribution is 2.20. The smallest absolute Gasteiger partial charge is 0.225 e. The normalized spacial score (nSPS) is 10.7. The van der Waals surface area contributed by atoms with E-state index in [1.165, 1.54) is 22.5 Å². The van der Waals surface area contributed by atoms with Crippen LogP contribution in [0.3, 0.4) is 0 Å². The van der Waals surface area contributed by atoms with Gasteiger partial charge in [-0.25, -0.2) is 4.98 Å². The number of benzene rings is 1. The molecule has 0 aliphatic carbocycles. The molecule has 0 bridgehead atoms. The Morgan fingerprint density at radius 1 is 1.30 bits per heavy atom. The average Bonchev–Trinajstić information content (AvgIpc) is 2.98. The molecule has 1 heterocycles. The lowest BCUT2D eigenvalue weighted by molar-refractivity contribution is -0.116. The number of nitrogens with one attached hydrogen (secondary N) is 1. The molecule has 2 aromatic rings. The highest BCUT2D eigenvalue weighted by Gasteiger charge is 2.13. The van der Waals surface area contributed by atoms with Gasteiger partial charge in [-0.3, -0.25) is 9.69 Å². The van der Waals surface area contributed by atoms with E-state index in [9.17, 15) is 4.79 Å². The lowest BCUT2D eigenvalue weighted by Gasteiger charge is -2.14. The third-order valence-electron chi connectivity index (χ3n) is 3.51. The van der Waals surface area contributed by atoms with Crippen LogP contribution in [0.1, 0.15) is 30.7 Å². The van der Waals surface area contributed by atoms with Gasteiger partial charge in [-0.05, 0) is 18.1 Å². The monoisotopic (exact) mass is 333 g/mol. The molecule has 2 rings (SSSR count). The quantitative estimate of drug-likeness (QED) is 0.807. The maximum absolute atomic E-state index is 11.5. The largest absolute Gasteiger partial charge is 0.380 e. The first-order valence-corrected chi connectivity index (χ1v) is 8.52. The van der Waals surface area contributed by atoms with E-state index in [1.54, 1.807) is 18.9 Å². The number of aromatic nitrogens is 1. The topological polar surface area (TPSA) is 54.5 Å². The van der Waals surface area contributed by atoms with Crippen LogP contribution in [-0.2, 0) is 29.2 Å². The van der Waals surface area contributed by atoms with E-state index in [1.807, 2.05) is 24.4 Å². The van der Waals surface area contributed by atoms with E-state index in [0.717, 1.165) is 17.4 Å². The van der Waals surface area contributed by atoms with Gasteiger partial charge in [-0.2, -0.15) is 0 Å². The summed E-state index contributed by atoms with van der Waals surface area (Å²) in [7, 11) is 1.70. The second-order valence-corrected chi connectivity index (χ2v) is 6.03. The van der Waals surface area contributed by atoms with Gasteiger partial charge in [0, 0.05) is 39.0 Å². The van der Waals surface area contributed by atoms with E-state index in [4.69, 9.17) is 4.74 Å². The molecule has 0 saturated carbocycles. The molecule has 0 unspecified atom stereocenters. The van der Waals surface area contributed by atoms with E-state index < -0.39 is 0 Å². The van der Waals surface area contributed by atoms with Gasteiger partial charge in [0.05, 0.1) is 12.3 Å². The van der Waals surface area contributed by atoms with Gasteiger partial charge >= 0.3 is 0 Å². The minimum absolute atomic E-state index is 0.0230. The number of carbonyl (C=O) groups is 1. The number of anilines is 1. The number of methoxy groups -OCH3 is 1. The summed E-state index contributed by atoms with van der Waals surface area (Å²) in [6, 6.07) is 8.23. The van der Waals surface area contributed by atoms with Gasteiger partial charge in [0.15, 0.2) is 5.13 Å². The van der Waals surface area contributed by atoms with Crippen LogP contribution in [0.2, 0.25) is 0 Å². The zero-order valence-electron chi connectivity index (χ0n) is 13.8. The van der Waals surface area contributed by atoms with Crippen molar-refractivity contribution < 1.29 is 9.53 Å². The number of hydrogen-bond acceptors (Lipinski definition) is 5. The van der Waals surface area contributed by atoms with Crippen molar-refractivity contribution in [3.63, 3.8) is 0 Å². The third-order valence-corrected chi connectivity index (χ3v) is 4.42. The summed E-state index contributed by atoms with van der Waals surface area (Å²) >= 11 is 1.50. The maximum Gasteiger partial charge on any atom is 0.225 e. The predicted molar refractivity (Wildman–Crippen MR) is 93.5 cm³/mol. The Morgan fingerprint density at radius 2 is 2.04 bits per heavy atom. The van der Waals surface area contributed by atoms with E-state index >= 15 is 0 Å². The molecule has 124 valence electrons. The van der Waals surface area contributed by atoms with Gasteiger partial charge in [0.25, 0.3) is 0 Å². The summed E-state index contributed by atoms with van der Waals surface area (Å²) in [5.74, 6) is 0.0230. The molecule has 23 heavy (non-hydrogen) atoms. The lowest BCUT2D eigenvalue weighted by atomic mass is 10.1. The van der Waals surface area contributed by atoms with Crippen molar-refractivity contribution in [2.24, 2.45) is 0 Å². The number of amides is 1. The molecule has 6 heteroatoms. The summed E-state index contributed by atoms with van der Waals surface area (Å²) in [5.41, 5.74) is 3.37. The van der Waals surface area contributed by atoms with Crippen LogP contribution in [0.4, 0.5) is 5.13 Å². The second-order valence-electron chi connectivity index (χ2n) is 5.19. The van der Waals surface area contributed by atoms with Gasteiger partial charge in [-0.1, -0.05) is 24.3 Å². The van der Waals surface area contributed by atoms with Crippen molar-refractivity contribution in [2.45, 2.75) is 33.5 Å². The molecule has 1 aromatic carbocycles. The molecule has 0 radical (unpaired) electrons. The molecular weight excluding hydrogens is 310 g/mol. The minimum atomic E-state index is 0.0230. The molecule has 1 N–H and O–H groups in total. The first kappa shape index (κ1) is 17.6. The summed E-state index contributed by atoms with van der Waals surface area (Å²) in [6.45, 7) is 6.20. The van der Waals surface area contributed by atoms with Crippen LogP contribution < -0.4 is 10.2 Å². The SMILES string of the molecule is CCN(C(C)=O)c1nc(CNCc2ccccc2COC)cs1. The summed E-state index contributed by atoms with van der Waals surface area (Å²) < 4.78 is 5.22. The van der Waals surface area contributed by atoms with Crippen LogP contribution in [0.5, 0.6) is 0 Å². The number of nitrogens with zero attached hydrogens (tertiary/aromatic N) is 2. The van der Waals surface area contributed by atoms with Crippen molar-refractivity contribution >= 4 is 22.4 Å². The van der Waals surface area contributed by atoms with Crippen molar-refractivity contribution in [3.05, 3.63) is 46.5 Å². The fraction of sp³-hybridized carbons (Fsp3) is 0.412. The minimum Gasteiger partial charge on any atom is -0.380 e. The molecular formula is C17H23N3O2S. The van der Waals surface area contributed by atoms with Gasteiger partial charge in [0.2, 0.25) is 5.91 Å². The molecule has 1 amide bonds. The number of rotatable bonds is 8. The molecule has 1 aromatic heterocycles. The Hall–Kier alpha value is -1.76. The third kappa shape index (κ3) is 4.86. The molecule has 0 fully saturated rings. The lowest BCUT2D eigenvalue weighted by Crippen LogP contribution is -2.27. The number of thiazole rings is 1. The Kier molecular flexibility index (Phi) is 6.70. The Bertz CT molecular complexity index is 642. The van der Waals surface area contributed by atoms with Crippen molar-refractivity contribution in [1.29, 1.82) is 0 Å². The molecule has 0 saturated heterocycles. The van der Waals surface area contributed by atoms with Crippen LogP contribution in [0.25, 0.3) is 0 Å². The van der Waals surface area contributed by atoms with E-state index in [-0.39, 0.29) is 5.91 Å². The van der Waals surface area contributed by atoms with Crippen LogP contribution in [-0.4, -0.2) is 24.5 Å². The van der Waals surface area contributed by atoms with Crippen LogP contribution in [0, 0.1) is 0 Å². The number of ether oxygens (including phenoxy) is 1. The maximum atomic E-state index is 11.5. The fourth-order valence-electron chi connectivity index (χ4n) is 2.35. The zero-order chi connectivity index (χ0) is 16.7. The highest BCUT2D eigenvalue weighted by molar-refractivity contribution is 7.14. The Balaban J connectivity index is 1.92. The van der Waals surface area contributed by atoms with Crippen LogP contribution >= 0.6 is 11.3 Å². The first-order chi connectivity index (χ1) is 11.2. The Morgan fingerprint density at radius 3 is 2.70 bits per heavy atom. The van der Waals surface area contributed by atoms with Crippen molar-refractivity contribution in [3.8, 4) is 0 Å². The fourth-order valence-corrected chi connectivity index (χ4v) is 3.28. The Labute approximate surface area is 141 Å². The zero-order valence-corrected chi connectivity index (χ0v) is 14.7. The van der Waals surface area contributed by atoms with Gasteiger partial charge in [-0.15, -0.1) is 11.3 Å². The predicted octanol–water partition coefficient (Wildman–Crippen LogP) is 2.95. The molecule has 0 aliphatic rings. The summed E-state index contributed by atoms with van der Waals surface area (Å²) in [6.07, 6.45) is 0. The number of carbonyl (C=O) groups excluding carboxylic acids is 1. The van der Waals surface area contributed by atoms with Crippen molar-refractivity contribution in [2.75, 3.05) is 18.6 Å². The molecule has 0 aliphatic heterocycles. The van der Waals surface area contributed by atoms with Crippen LogP contribution in [0.15, 0.2) is 29.6 Å². The first-order valence-electron chi connectivity index (χ1n) is 7.64. The second kappa shape index (κ2) is 8.76. The van der Waals surface area contributed by atoms with Gasteiger partial charge in [0.1, 0.15) is 0 Å². The summed E-state index contributed by atoms with van der Waals surface area (Å²) in [4.78, 5) is 17.8. The van der Waals surface area contributed by atoms with Crippen molar-refractivity contribution in [1.82, 2.24) is 10.3 Å². The molecule has 5 nitrogen and oxygen atoms in total. The summed E-state index contributed by atoms with van der Waals surface area (Å²) in [5, 5.41) is 6.16.